The Morgan fingerprint density at radius 1 is 1.27 bits per heavy atom. The van der Waals surface area contributed by atoms with Crippen LogP contribution in [0.5, 0.6) is 0 Å². The van der Waals surface area contributed by atoms with E-state index in [2.05, 4.69) is 48.4 Å². The van der Waals surface area contributed by atoms with E-state index in [-0.39, 0.29) is 6.61 Å². The van der Waals surface area contributed by atoms with Crippen molar-refractivity contribution in [3.05, 3.63) is 40.3 Å². The highest BCUT2D eigenvalue weighted by molar-refractivity contribution is 7.11. The topological polar surface area (TPSA) is 48.4 Å². The van der Waals surface area contributed by atoms with Crippen LogP contribution >= 0.6 is 11.3 Å². The predicted octanol–water partition coefficient (Wildman–Crippen LogP) is 3.38. The van der Waals surface area contributed by atoms with Gasteiger partial charge in [-0.2, -0.15) is 0 Å². The Hall–Kier alpha value is -1.59. The zero-order chi connectivity index (χ0) is 15.9. The lowest BCUT2D eigenvalue weighted by atomic mass is 10.1. The molecule has 0 aliphatic rings. The maximum atomic E-state index is 8.96. The molecule has 0 spiro atoms. The minimum Gasteiger partial charge on any atom is -0.395 e. The van der Waals surface area contributed by atoms with Crippen LogP contribution in [0.2, 0.25) is 0 Å². The third-order valence-corrected chi connectivity index (χ3v) is 4.41. The van der Waals surface area contributed by atoms with E-state index in [9.17, 15) is 0 Å². The highest BCUT2D eigenvalue weighted by atomic mass is 32.1. The van der Waals surface area contributed by atoms with Gasteiger partial charge in [0.2, 0.25) is 0 Å². The van der Waals surface area contributed by atoms with Gasteiger partial charge in [-0.05, 0) is 30.2 Å². The monoisotopic (exact) mass is 319 g/mol. The van der Waals surface area contributed by atoms with Crippen LogP contribution in [0, 0.1) is 5.92 Å². The maximum Gasteiger partial charge on any atom is 0.0930 e. The van der Waals surface area contributed by atoms with Gasteiger partial charge >= 0.3 is 0 Å². The van der Waals surface area contributed by atoms with Crippen LogP contribution < -0.4 is 10.2 Å². The van der Waals surface area contributed by atoms with Gasteiger partial charge in [-0.1, -0.05) is 13.8 Å². The quantitative estimate of drug-likeness (QED) is 0.783. The van der Waals surface area contributed by atoms with Gasteiger partial charge in [0.25, 0.3) is 0 Å². The number of rotatable bonds is 8. The van der Waals surface area contributed by atoms with Crippen molar-refractivity contribution in [2.24, 2.45) is 5.92 Å². The molecule has 0 amide bonds. The Kier molecular flexibility index (Phi) is 6.21. The number of aromatic nitrogens is 1. The van der Waals surface area contributed by atoms with E-state index in [1.54, 1.807) is 11.3 Å². The van der Waals surface area contributed by atoms with E-state index in [1.165, 1.54) is 9.88 Å². The Morgan fingerprint density at radius 2 is 2.00 bits per heavy atom. The number of thiazole rings is 1. The third-order valence-electron chi connectivity index (χ3n) is 3.39. The zero-order valence-corrected chi connectivity index (χ0v) is 14.4. The number of anilines is 2. The lowest BCUT2D eigenvalue weighted by Gasteiger charge is -2.18. The van der Waals surface area contributed by atoms with Crippen molar-refractivity contribution in [3.63, 3.8) is 0 Å². The largest absolute Gasteiger partial charge is 0.395 e. The first kappa shape index (κ1) is 16.8. The summed E-state index contributed by atoms with van der Waals surface area (Å²) >= 11 is 1.79. The molecule has 0 atom stereocenters. The van der Waals surface area contributed by atoms with E-state index in [1.807, 2.05) is 18.1 Å². The summed E-state index contributed by atoms with van der Waals surface area (Å²) in [4.78, 5) is 7.77. The van der Waals surface area contributed by atoms with Gasteiger partial charge in [-0.3, -0.25) is 0 Å². The van der Waals surface area contributed by atoms with E-state index in [0.29, 0.717) is 12.5 Å². The molecule has 2 aromatic rings. The Bertz CT molecular complexity index is 566. The molecule has 4 nitrogen and oxygen atoms in total. The molecule has 0 bridgehead atoms. The number of hydrogen-bond donors (Lipinski definition) is 2. The number of nitrogens with one attached hydrogen (secondary N) is 1. The SMILES string of the molecule is CC(C)Cc1ncc(CNc2ccc(N(C)CCO)cc2)s1. The average Bonchev–Trinajstić information content (AvgIpc) is 2.92. The van der Waals surface area contributed by atoms with Crippen LogP contribution in [0.4, 0.5) is 11.4 Å². The molecule has 120 valence electrons. The molecule has 0 saturated carbocycles. The second-order valence-corrected chi connectivity index (χ2v) is 7.06. The van der Waals surface area contributed by atoms with E-state index in [4.69, 9.17) is 5.11 Å². The summed E-state index contributed by atoms with van der Waals surface area (Å²) in [5.41, 5.74) is 2.21. The van der Waals surface area contributed by atoms with Crippen molar-refractivity contribution in [2.45, 2.75) is 26.8 Å². The van der Waals surface area contributed by atoms with Crippen molar-refractivity contribution in [1.29, 1.82) is 0 Å². The van der Waals surface area contributed by atoms with Crippen molar-refractivity contribution in [2.75, 3.05) is 30.4 Å². The zero-order valence-electron chi connectivity index (χ0n) is 13.5. The lowest BCUT2D eigenvalue weighted by Crippen LogP contribution is -2.20. The summed E-state index contributed by atoms with van der Waals surface area (Å²) < 4.78 is 0. The molecular formula is C17H25N3OS. The van der Waals surface area contributed by atoms with Crippen LogP contribution in [0.25, 0.3) is 0 Å². The first-order valence-electron chi connectivity index (χ1n) is 7.68. The predicted molar refractivity (Wildman–Crippen MR) is 94.8 cm³/mol. The van der Waals surface area contributed by atoms with Gasteiger partial charge in [0.15, 0.2) is 0 Å². The third kappa shape index (κ3) is 5.00. The summed E-state index contributed by atoms with van der Waals surface area (Å²) in [5.74, 6) is 0.649. The second-order valence-electron chi connectivity index (χ2n) is 5.86. The van der Waals surface area contributed by atoms with Crippen molar-refractivity contribution >= 4 is 22.7 Å². The molecule has 0 unspecified atom stereocenters. The minimum absolute atomic E-state index is 0.167. The smallest absolute Gasteiger partial charge is 0.0930 e. The molecule has 0 saturated heterocycles. The number of aliphatic hydroxyl groups is 1. The number of hydrogen-bond acceptors (Lipinski definition) is 5. The highest BCUT2D eigenvalue weighted by Gasteiger charge is 2.05. The number of aliphatic hydroxyl groups excluding tert-OH is 1. The van der Waals surface area contributed by atoms with E-state index >= 15 is 0 Å². The molecule has 5 heteroatoms. The molecule has 2 N–H and O–H groups in total. The first-order chi connectivity index (χ1) is 10.6. The van der Waals surface area contributed by atoms with E-state index < -0.39 is 0 Å². The fourth-order valence-electron chi connectivity index (χ4n) is 2.18. The molecule has 0 aliphatic heterocycles. The van der Waals surface area contributed by atoms with Crippen LogP contribution in [0.1, 0.15) is 23.7 Å². The first-order valence-corrected chi connectivity index (χ1v) is 8.49. The van der Waals surface area contributed by atoms with Gasteiger partial charge in [-0.25, -0.2) is 4.98 Å². The number of likely N-dealkylation sites (N-methyl/N-ethyl adjacent to an activating group) is 1. The Labute approximate surface area is 136 Å². The van der Waals surface area contributed by atoms with Crippen molar-refractivity contribution < 1.29 is 5.11 Å². The molecule has 1 heterocycles. The average molecular weight is 319 g/mol. The molecule has 1 aromatic carbocycles. The van der Waals surface area contributed by atoms with Crippen LogP contribution in [0.15, 0.2) is 30.5 Å². The van der Waals surface area contributed by atoms with Crippen LogP contribution in [0.3, 0.4) is 0 Å². The lowest BCUT2D eigenvalue weighted by molar-refractivity contribution is 0.304. The summed E-state index contributed by atoms with van der Waals surface area (Å²) in [6, 6.07) is 8.27. The Balaban J connectivity index is 1.87. The number of nitrogens with zero attached hydrogens (tertiary/aromatic N) is 2. The maximum absolute atomic E-state index is 8.96. The fraction of sp³-hybridized carbons (Fsp3) is 0.471. The standard InChI is InChI=1S/C17H25N3OS/c1-13(2)10-17-19-12-16(22-17)11-18-14-4-6-15(7-5-14)20(3)8-9-21/h4-7,12-13,18,21H,8-11H2,1-3H3. The minimum atomic E-state index is 0.167. The summed E-state index contributed by atoms with van der Waals surface area (Å²) in [5, 5.41) is 13.6. The Morgan fingerprint density at radius 3 is 2.64 bits per heavy atom. The van der Waals surface area contributed by atoms with Crippen molar-refractivity contribution in [1.82, 2.24) is 4.98 Å². The van der Waals surface area contributed by atoms with Crippen LogP contribution in [-0.2, 0) is 13.0 Å². The van der Waals surface area contributed by atoms with Gasteiger partial charge in [0.05, 0.1) is 18.2 Å². The van der Waals surface area contributed by atoms with Gasteiger partial charge < -0.3 is 15.3 Å². The second kappa shape index (κ2) is 8.15. The summed E-state index contributed by atoms with van der Waals surface area (Å²) in [6.45, 7) is 6.05. The van der Waals surface area contributed by atoms with Crippen LogP contribution in [-0.4, -0.2) is 30.3 Å². The molecule has 0 aliphatic carbocycles. The summed E-state index contributed by atoms with van der Waals surface area (Å²) in [6.07, 6.45) is 3.02. The van der Waals surface area contributed by atoms with Gasteiger partial charge in [0.1, 0.15) is 0 Å². The highest BCUT2D eigenvalue weighted by Crippen LogP contribution is 2.20. The molecule has 0 fully saturated rings. The van der Waals surface area contributed by atoms with Gasteiger partial charge in [-0.15, -0.1) is 11.3 Å². The molecular weight excluding hydrogens is 294 g/mol. The van der Waals surface area contributed by atoms with E-state index in [0.717, 1.165) is 24.3 Å². The molecule has 0 radical (unpaired) electrons. The fourth-order valence-corrected chi connectivity index (χ4v) is 3.25. The van der Waals surface area contributed by atoms with Crippen molar-refractivity contribution in [3.8, 4) is 0 Å². The molecule has 1 aromatic heterocycles. The number of benzene rings is 1. The molecule has 22 heavy (non-hydrogen) atoms. The molecule has 2 rings (SSSR count). The van der Waals surface area contributed by atoms with Gasteiger partial charge in [0, 0.05) is 42.5 Å². The summed E-state index contributed by atoms with van der Waals surface area (Å²) in [7, 11) is 1.98. The normalized spacial score (nSPS) is 11.0.